The molecule has 1 fully saturated rings. The van der Waals surface area contributed by atoms with Crippen LogP contribution in [-0.4, -0.2) is 64.5 Å². The molecule has 1 aliphatic rings. The molecule has 1 N–H and O–H groups in total. The fourth-order valence-electron chi connectivity index (χ4n) is 2.41. The van der Waals surface area contributed by atoms with Gasteiger partial charge in [0.1, 0.15) is 11.4 Å². The summed E-state index contributed by atoms with van der Waals surface area (Å²) in [6, 6.07) is 5.82. The number of carbonyl (C=O) groups is 3. The molecule has 0 atom stereocenters. The van der Waals surface area contributed by atoms with Gasteiger partial charge in [0.15, 0.2) is 5.78 Å². The predicted octanol–water partition coefficient (Wildman–Crippen LogP) is 2.21. The number of ketones is 1. The molecule has 7 nitrogen and oxygen atoms in total. The zero-order valence-electron chi connectivity index (χ0n) is 15.3. The van der Waals surface area contributed by atoms with Crippen LogP contribution in [0.15, 0.2) is 36.4 Å². The SMILES string of the molecule is CC(C)(C)OC(=O)N1CCN(C(=O)/C=C\C(=O)c2ccc(O)cc2)CC1. The van der Waals surface area contributed by atoms with E-state index in [0.29, 0.717) is 31.7 Å². The number of ether oxygens (including phenoxy) is 1. The summed E-state index contributed by atoms with van der Waals surface area (Å²) in [5.74, 6) is -0.517. The Kier molecular flexibility index (Phi) is 6.02. The zero-order valence-corrected chi connectivity index (χ0v) is 15.3. The molecule has 140 valence electrons. The van der Waals surface area contributed by atoms with Gasteiger partial charge in [-0.3, -0.25) is 9.59 Å². The number of piperazine rings is 1. The molecule has 1 saturated heterocycles. The Morgan fingerprint density at radius 2 is 1.50 bits per heavy atom. The molecule has 1 aliphatic heterocycles. The molecule has 0 bridgehead atoms. The summed E-state index contributed by atoms with van der Waals surface area (Å²) < 4.78 is 5.32. The Morgan fingerprint density at radius 3 is 2.04 bits per heavy atom. The van der Waals surface area contributed by atoms with Crippen molar-refractivity contribution in [2.24, 2.45) is 0 Å². The second-order valence-corrected chi connectivity index (χ2v) is 7.04. The lowest BCUT2D eigenvalue weighted by molar-refractivity contribution is -0.127. The fraction of sp³-hybridized carbons (Fsp3) is 0.421. The highest BCUT2D eigenvalue weighted by atomic mass is 16.6. The van der Waals surface area contributed by atoms with E-state index in [-0.39, 0.29) is 23.5 Å². The number of nitrogens with zero attached hydrogens (tertiary/aromatic N) is 2. The molecule has 26 heavy (non-hydrogen) atoms. The lowest BCUT2D eigenvalue weighted by Crippen LogP contribution is -2.51. The van der Waals surface area contributed by atoms with Crippen LogP contribution in [0.4, 0.5) is 4.79 Å². The van der Waals surface area contributed by atoms with Gasteiger partial charge in [0.05, 0.1) is 0 Å². The molecule has 0 unspecified atom stereocenters. The zero-order chi connectivity index (χ0) is 19.3. The highest BCUT2D eigenvalue weighted by molar-refractivity contribution is 6.07. The largest absolute Gasteiger partial charge is 0.508 e. The third-order valence-corrected chi connectivity index (χ3v) is 3.77. The van der Waals surface area contributed by atoms with E-state index in [1.807, 2.05) is 0 Å². The van der Waals surface area contributed by atoms with Gasteiger partial charge in [-0.25, -0.2) is 4.79 Å². The van der Waals surface area contributed by atoms with Crippen molar-refractivity contribution in [3.63, 3.8) is 0 Å². The summed E-state index contributed by atoms with van der Waals surface area (Å²) in [5.41, 5.74) is -0.164. The lowest BCUT2D eigenvalue weighted by Gasteiger charge is -2.35. The van der Waals surface area contributed by atoms with E-state index in [1.165, 1.54) is 36.4 Å². The van der Waals surface area contributed by atoms with Crippen molar-refractivity contribution in [2.75, 3.05) is 26.2 Å². The van der Waals surface area contributed by atoms with Crippen molar-refractivity contribution in [2.45, 2.75) is 26.4 Å². The lowest BCUT2D eigenvalue weighted by atomic mass is 10.1. The smallest absolute Gasteiger partial charge is 0.410 e. The summed E-state index contributed by atoms with van der Waals surface area (Å²) >= 11 is 0. The Balaban J connectivity index is 1.85. The van der Waals surface area contributed by atoms with Crippen LogP contribution in [-0.2, 0) is 9.53 Å². The van der Waals surface area contributed by atoms with Gasteiger partial charge in [0, 0.05) is 37.8 Å². The summed E-state index contributed by atoms with van der Waals surface area (Å²) in [6.07, 6.45) is 2.07. The first-order chi connectivity index (χ1) is 12.2. The van der Waals surface area contributed by atoms with E-state index in [9.17, 15) is 19.5 Å². The maximum Gasteiger partial charge on any atom is 0.410 e. The van der Waals surface area contributed by atoms with Crippen LogP contribution >= 0.6 is 0 Å². The topological polar surface area (TPSA) is 87.2 Å². The number of rotatable bonds is 3. The quantitative estimate of drug-likeness (QED) is 0.660. The van der Waals surface area contributed by atoms with Crippen molar-refractivity contribution < 1.29 is 24.2 Å². The minimum Gasteiger partial charge on any atom is -0.508 e. The number of benzene rings is 1. The monoisotopic (exact) mass is 360 g/mol. The minimum absolute atomic E-state index is 0.0736. The van der Waals surface area contributed by atoms with Crippen LogP contribution in [0.3, 0.4) is 0 Å². The molecule has 2 rings (SSSR count). The Bertz CT molecular complexity index is 696. The molecule has 1 heterocycles. The standard InChI is InChI=1S/C19H24N2O5/c1-19(2,3)26-18(25)21-12-10-20(11-13-21)17(24)9-8-16(23)14-4-6-15(22)7-5-14/h4-9,22H,10-13H2,1-3H3/b9-8-. The second kappa shape index (κ2) is 8.03. The summed E-state index contributed by atoms with van der Waals surface area (Å²) in [4.78, 5) is 39.4. The van der Waals surface area contributed by atoms with Gasteiger partial charge < -0.3 is 19.6 Å². The van der Waals surface area contributed by atoms with E-state index >= 15 is 0 Å². The maximum atomic E-state index is 12.2. The predicted molar refractivity (Wildman–Crippen MR) is 96.0 cm³/mol. The van der Waals surface area contributed by atoms with Crippen molar-refractivity contribution in [3.8, 4) is 5.75 Å². The maximum absolute atomic E-state index is 12.2. The van der Waals surface area contributed by atoms with E-state index < -0.39 is 5.60 Å². The van der Waals surface area contributed by atoms with Gasteiger partial charge in [-0.15, -0.1) is 0 Å². The molecule has 2 amide bonds. The highest BCUT2D eigenvalue weighted by Gasteiger charge is 2.27. The van der Waals surface area contributed by atoms with Crippen LogP contribution in [0, 0.1) is 0 Å². The molecule has 0 aliphatic carbocycles. The van der Waals surface area contributed by atoms with Crippen LogP contribution < -0.4 is 0 Å². The number of phenols is 1. The van der Waals surface area contributed by atoms with Crippen molar-refractivity contribution in [3.05, 3.63) is 42.0 Å². The van der Waals surface area contributed by atoms with Crippen LogP contribution in [0.5, 0.6) is 5.75 Å². The van der Waals surface area contributed by atoms with E-state index in [0.717, 1.165) is 0 Å². The molecule has 0 radical (unpaired) electrons. The van der Waals surface area contributed by atoms with E-state index in [2.05, 4.69) is 0 Å². The molecule has 0 spiro atoms. The first-order valence-corrected chi connectivity index (χ1v) is 8.44. The third-order valence-electron chi connectivity index (χ3n) is 3.77. The number of phenolic OH excluding ortho intramolecular Hbond substituents is 1. The summed E-state index contributed by atoms with van der Waals surface area (Å²) in [5, 5.41) is 9.22. The molecule has 0 saturated carbocycles. The second-order valence-electron chi connectivity index (χ2n) is 7.04. The summed E-state index contributed by atoms with van der Waals surface area (Å²) in [6.45, 7) is 6.97. The number of hydrogen-bond acceptors (Lipinski definition) is 5. The fourth-order valence-corrected chi connectivity index (χ4v) is 2.41. The van der Waals surface area contributed by atoms with Crippen molar-refractivity contribution in [1.82, 2.24) is 9.80 Å². The van der Waals surface area contributed by atoms with Gasteiger partial charge in [-0.1, -0.05) is 0 Å². The Hall–Kier alpha value is -2.83. The Morgan fingerprint density at radius 1 is 0.962 bits per heavy atom. The average molecular weight is 360 g/mol. The number of hydrogen-bond donors (Lipinski definition) is 1. The molecule has 1 aromatic carbocycles. The van der Waals surface area contributed by atoms with Crippen LogP contribution in [0.2, 0.25) is 0 Å². The van der Waals surface area contributed by atoms with Crippen molar-refractivity contribution >= 4 is 17.8 Å². The minimum atomic E-state index is -0.554. The third kappa shape index (κ3) is 5.61. The average Bonchev–Trinajstić information content (AvgIpc) is 2.58. The number of amides is 2. The van der Waals surface area contributed by atoms with Crippen LogP contribution in [0.25, 0.3) is 0 Å². The number of carbonyl (C=O) groups excluding carboxylic acids is 3. The normalized spacial score (nSPS) is 15.2. The Labute approximate surface area is 152 Å². The number of aromatic hydroxyl groups is 1. The van der Waals surface area contributed by atoms with E-state index in [1.54, 1.807) is 30.6 Å². The number of allylic oxidation sites excluding steroid dienone is 1. The van der Waals surface area contributed by atoms with Crippen LogP contribution in [0.1, 0.15) is 31.1 Å². The molecular weight excluding hydrogens is 336 g/mol. The highest BCUT2D eigenvalue weighted by Crippen LogP contribution is 2.13. The van der Waals surface area contributed by atoms with Gasteiger partial charge >= 0.3 is 6.09 Å². The van der Waals surface area contributed by atoms with Gasteiger partial charge in [-0.05, 0) is 51.1 Å². The van der Waals surface area contributed by atoms with Gasteiger partial charge in [0.2, 0.25) is 5.91 Å². The first kappa shape index (κ1) is 19.5. The molecule has 1 aromatic rings. The first-order valence-electron chi connectivity index (χ1n) is 8.44. The summed E-state index contributed by atoms with van der Waals surface area (Å²) in [7, 11) is 0. The van der Waals surface area contributed by atoms with Crippen molar-refractivity contribution in [1.29, 1.82) is 0 Å². The van der Waals surface area contributed by atoms with Gasteiger partial charge in [0.25, 0.3) is 0 Å². The van der Waals surface area contributed by atoms with Gasteiger partial charge in [-0.2, -0.15) is 0 Å². The van der Waals surface area contributed by atoms with E-state index in [4.69, 9.17) is 4.74 Å². The molecular formula is C19H24N2O5. The molecule has 7 heteroatoms. The molecule has 0 aromatic heterocycles.